The molecule has 0 saturated heterocycles. The normalized spacial score (nSPS) is 13.7. The zero-order valence-electron chi connectivity index (χ0n) is 16.5. The van der Waals surface area contributed by atoms with E-state index in [1.807, 2.05) is 65.4 Å². The lowest BCUT2D eigenvalue weighted by Gasteiger charge is -2.37. The molecule has 0 aliphatic carbocycles. The number of hydrogen-bond acceptors (Lipinski definition) is 3. The number of halogens is 1. The summed E-state index contributed by atoms with van der Waals surface area (Å²) in [7, 11) is 0. The number of alkyl halides is 1. The minimum Gasteiger partial charge on any atom is -0.385 e. The number of aliphatic hydroxyl groups is 1. The predicted molar refractivity (Wildman–Crippen MR) is 120 cm³/mol. The second-order valence-electron chi connectivity index (χ2n) is 7.21. The van der Waals surface area contributed by atoms with Crippen molar-refractivity contribution in [3.8, 4) is 0 Å². The number of rotatable bonds is 7. The largest absolute Gasteiger partial charge is 0.385 e. The molecule has 0 unspecified atom stereocenters. The molecule has 1 heterocycles. The summed E-state index contributed by atoms with van der Waals surface area (Å²) in [4.78, 5) is 4.50. The van der Waals surface area contributed by atoms with Gasteiger partial charge >= 0.3 is 0 Å². The van der Waals surface area contributed by atoms with Gasteiger partial charge in [0.1, 0.15) is 11.6 Å². The fraction of sp³-hybridized carbons (Fsp3) is 0.160. The Kier molecular flexibility index (Phi) is 6.00. The average molecular weight is 418 g/mol. The van der Waals surface area contributed by atoms with Crippen LogP contribution in [0.5, 0.6) is 0 Å². The molecule has 4 aromatic rings. The summed E-state index contributed by atoms with van der Waals surface area (Å²) in [6, 6.07) is 30.9. The number of aliphatic hydroxyl groups excluding tert-OH is 1. The highest BCUT2D eigenvalue weighted by Gasteiger charge is 2.38. The van der Waals surface area contributed by atoms with Crippen LogP contribution in [-0.2, 0) is 5.54 Å². The van der Waals surface area contributed by atoms with Gasteiger partial charge in [-0.3, -0.25) is 0 Å². The Morgan fingerprint density at radius 2 is 1.27 bits per heavy atom. The van der Waals surface area contributed by atoms with Gasteiger partial charge in [-0.15, -0.1) is 11.6 Å². The lowest BCUT2D eigenvalue weighted by atomic mass is 9.77. The Morgan fingerprint density at radius 1 is 0.833 bits per heavy atom. The van der Waals surface area contributed by atoms with E-state index >= 15 is 0 Å². The first-order valence-corrected chi connectivity index (χ1v) is 10.3. The molecular weight excluding hydrogens is 394 g/mol. The highest BCUT2D eigenvalue weighted by molar-refractivity contribution is 6.21. The molecule has 5 heteroatoms. The van der Waals surface area contributed by atoms with Crippen molar-refractivity contribution in [2.24, 2.45) is 5.73 Å². The number of aromatic nitrogens is 2. The van der Waals surface area contributed by atoms with Gasteiger partial charge in [-0.1, -0.05) is 91.0 Å². The smallest absolute Gasteiger partial charge is 0.121 e. The van der Waals surface area contributed by atoms with E-state index in [0.717, 1.165) is 16.7 Å². The van der Waals surface area contributed by atoms with Gasteiger partial charge in [0.05, 0.1) is 17.4 Å². The molecule has 0 aliphatic rings. The van der Waals surface area contributed by atoms with Crippen molar-refractivity contribution in [3.05, 3.63) is 126 Å². The summed E-state index contributed by atoms with van der Waals surface area (Å²) in [5.74, 6) is 0. The van der Waals surface area contributed by atoms with E-state index in [1.165, 1.54) is 0 Å². The molecule has 4 nitrogen and oxygen atoms in total. The van der Waals surface area contributed by atoms with E-state index in [-0.39, 0.29) is 6.54 Å². The Balaban J connectivity index is 2.00. The minimum absolute atomic E-state index is 0.163. The quantitative estimate of drug-likeness (QED) is 0.347. The summed E-state index contributed by atoms with van der Waals surface area (Å²) in [5.41, 5.74) is 8.73. The maximum atomic E-state index is 10.6. The average Bonchev–Trinajstić information content (AvgIpc) is 3.31. The molecular formula is C25H24ClN3O. The standard InChI is InChI=1S/C25H24ClN3O/c26-22(16-27)24(30)23-17-29(18-28-23)25(19-10-4-1-5-11-19,20-12-6-2-7-13-20)21-14-8-3-9-15-21/h1-15,17-18,22,24,30H,16,27H2/t22-,24+/m0/s1. The third kappa shape index (κ3) is 3.54. The topological polar surface area (TPSA) is 64.1 Å². The van der Waals surface area contributed by atoms with Crippen LogP contribution in [0, 0.1) is 0 Å². The van der Waals surface area contributed by atoms with Gasteiger partial charge in [0.15, 0.2) is 0 Å². The monoisotopic (exact) mass is 417 g/mol. The molecule has 0 radical (unpaired) electrons. The van der Waals surface area contributed by atoms with E-state index in [9.17, 15) is 5.11 Å². The van der Waals surface area contributed by atoms with Crippen molar-refractivity contribution in [2.75, 3.05) is 6.54 Å². The van der Waals surface area contributed by atoms with E-state index in [0.29, 0.717) is 5.69 Å². The first-order chi connectivity index (χ1) is 14.7. The fourth-order valence-electron chi connectivity index (χ4n) is 3.97. The first kappa shape index (κ1) is 20.4. The number of nitrogens with zero attached hydrogens (tertiary/aromatic N) is 2. The molecule has 3 aromatic carbocycles. The van der Waals surface area contributed by atoms with Gasteiger partial charge in [0.25, 0.3) is 0 Å². The summed E-state index contributed by atoms with van der Waals surface area (Å²) in [5, 5.41) is 9.99. The van der Waals surface area contributed by atoms with Gasteiger partial charge in [0, 0.05) is 12.7 Å². The lowest BCUT2D eigenvalue weighted by Crippen LogP contribution is -2.37. The zero-order chi connectivity index (χ0) is 21.0. The fourth-order valence-corrected chi connectivity index (χ4v) is 4.10. The molecule has 0 fully saturated rings. The molecule has 0 bridgehead atoms. The van der Waals surface area contributed by atoms with Gasteiger partial charge in [-0.2, -0.15) is 0 Å². The van der Waals surface area contributed by atoms with Gasteiger partial charge in [-0.25, -0.2) is 4.98 Å². The molecule has 0 aliphatic heterocycles. The van der Waals surface area contributed by atoms with Crippen molar-refractivity contribution < 1.29 is 5.11 Å². The van der Waals surface area contributed by atoms with E-state index in [4.69, 9.17) is 17.3 Å². The lowest BCUT2D eigenvalue weighted by molar-refractivity contribution is 0.169. The van der Waals surface area contributed by atoms with Crippen LogP contribution in [0.15, 0.2) is 104 Å². The maximum absolute atomic E-state index is 10.6. The van der Waals surface area contributed by atoms with Crippen molar-refractivity contribution in [1.29, 1.82) is 0 Å². The Hall–Kier alpha value is -2.92. The van der Waals surface area contributed by atoms with Crippen LogP contribution in [0.2, 0.25) is 0 Å². The van der Waals surface area contributed by atoms with Gasteiger partial charge < -0.3 is 15.4 Å². The first-order valence-electron chi connectivity index (χ1n) is 9.91. The van der Waals surface area contributed by atoms with Crippen LogP contribution in [-0.4, -0.2) is 26.6 Å². The number of hydrogen-bond donors (Lipinski definition) is 2. The van der Waals surface area contributed by atoms with Crippen molar-refractivity contribution in [1.82, 2.24) is 9.55 Å². The number of benzene rings is 3. The number of imidazole rings is 1. The van der Waals surface area contributed by atoms with Crippen LogP contribution in [0.4, 0.5) is 0 Å². The molecule has 1 aromatic heterocycles. The van der Waals surface area contributed by atoms with Crippen LogP contribution in [0.1, 0.15) is 28.5 Å². The second kappa shape index (κ2) is 8.84. The second-order valence-corrected chi connectivity index (χ2v) is 7.77. The van der Waals surface area contributed by atoms with Crippen molar-refractivity contribution in [3.63, 3.8) is 0 Å². The molecule has 0 spiro atoms. The molecule has 30 heavy (non-hydrogen) atoms. The number of nitrogens with two attached hydrogens (primary N) is 1. The highest BCUT2D eigenvalue weighted by Crippen LogP contribution is 2.41. The minimum atomic E-state index is -0.946. The van der Waals surface area contributed by atoms with Crippen LogP contribution < -0.4 is 5.73 Å². The molecule has 3 N–H and O–H groups in total. The maximum Gasteiger partial charge on any atom is 0.121 e. The molecule has 4 rings (SSSR count). The molecule has 2 atom stereocenters. The van der Waals surface area contributed by atoms with Crippen LogP contribution in [0.25, 0.3) is 0 Å². The third-order valence-corrected chi connectivity index (χ3v) is 5.85. The highest BCUT2D eigenvalue weighted by atomic mass is 35.5. The third-order valence-electron chi connectivity index (χ3n) is 5.44. The van der Waals surface area contributed by atoms with Crippen molar-refractivity contribution in [2.45, 2.75) is 17.0 Å². The zero-order valence-corrected chi connectivity index (χ0v) is 17.2. The predicted octanol–water partition coefficient (Wildman–Crippen LogP) is 4.32. The molecule has 0 amide bonds. The van der Waals surface area contributed by atoms with E-state index in [2.05, 4.69) is 41.4 Å². The summed E-state index contributed by atoms with van der Waals surface area (Å²) in [6.45, 7) is 0.163. The molecule has 152 valence electrons. The Bertz CT molecular complexity index is 971. The van der Waals surface area contributed by atoms with Gasteiger partial charge in [0.2, 0.25) is 0 Å². The molecule has 0 saturated carbocycles. The Labute approximate surface area is 181 Å². The van der Waals surface area contributed by atoms with E-state index in [1.54, 1.807) is 6.33 Å². The van der Waals surface area contributed by atoms with Gasteiger partial charge in [-0.05, 0) is 16.7 Å². The van der Waals surface area contributed by atoms with Crippen molar-refractivity contribution >= 4 is 11.6 Å². The Morgan fingerprint density at radius 3 is 1.67 bits per heavy atom. The van der Waals surface area contributed by atoms with E-state index < -0.39 is 17.0 Å². The summed E-state index contributed by atoms with van der Waals surface area (Å²) < 4.78 is 2.05. The van der Waals surface area contributed by atoms with Crippen LogP contribution in [0.3, 0.4) is 0 Å². The SMILES string of the molecule is NC[C@H](Cl)[C@@H](O)c1cn(C(c2ccccc2)(c2ccccc2)c2ccccc2)cn1. The summed E-state index contributed by atoms with van der Waals surface area (Å²) in [6.07, 6.45) is 2.67. The summed E-state index contributed by atoms with van der Waals surface area (Å²) >= 11 is 6.20. The van der Waals surface area contributed by atoms with Crippen LogP contribution >= 0.6 is 11.6 Å².